The van der Waals surface area contributed by atoms with E-state index in [-0.39, 0.29) is 0 Å². The molecule has 8 heteroatoms. The highest BCUT2D eigenvalue weighted by Gasteiger charge is 2.29. The van der Waals surface area contributed by atoms with Crippen LogP contribution >= 0.6 is 0 Å². The number of anilines is 2. The van der Waals surface area contributed by atoms with Crippen molar-refractivity contribution in [2.75, 3.05) is 23.3 Å². The van der Waals surface area contributed by atoms with E-state index < -0.39 is 11.7 Å². The number of nitrogens with one attached hydrogen (secondary N) is 1. The maximum atomic E-state index is 12.7. The molecule has 4 rings (SSSR count). The summed E-state index contributed by atoms with van der Waals surface area (Å²) in [6.07, 6.45) is 0.505. The Hall–Kier alpha value is -3.16. The van der Waals surface area contributed by atoms with Crippen LogP contribution in [0.25, 0.3) is 0 Å². The Bertz CT molecular complexity index is 1000. The van der Waals surface area contributed by atoms with Gasteiger partial charge in [-0.3, -0.25) is 0 Å². The van der Waals surface area contributed by atoms with Gasteiger partial charge in [0.15, 0.2) is 0 Å². The third-order valence-corrected chi connectivity index (χ3v) is 5.21. The molecule has 0 saturated heterocycles. The van der Waals surface area contributed by atoms with Gasteiger partial charge in [0.05, 0.1) is 11.3 Å². The van der Waals surface area contributed by atoms with Crippen LogP contribution in [0.4, 0.5) is 24.8 Å². The summed E-state index contributed by atoms with van der Waals surface area (Å²) in [5.74, 6) is 1.69. The summed E-state index contributed by atoms with van der Waals surface area (Å²) in [7, 11) is 0. The monoisotopic (exact) mass is 413 g/mol. The number of benzene rings is 1. The minimum atomic E-state index is -4.31. The number of halogens is 3. The van der Waals surface area contributed by atoms with Gasteiger partial charge >= 0.3 is 6.18 Å². The van der Waals surface area contributed by atoms with Crippen LogP contribution in [-0.4, -0.2) is 28.0 Å². The number of hydrogen-bond acceptors (Lipinski definition) is 5. The molecule has 1 aliphatic rings. The molecule has 30 heavy (non-hydrogen) atoms. The summed E-state index contributed by atoms with van der Waals surface area (Å²) in [5, 5.41) is 3.33. The second kappa shape index (κ2) is 8.30. The zero-order valence-electron chi connectivity index (χ0n) is 16.6. The van der Waals surface area contributed by atoms with Gasteiger partial charge in [-0.25, -0.2) is 15.0 Å². The molecular weight excluding hydrogens is 391 g/mol. The number of pyridine rings is 1. The van der Waals surface area contributed by atoms with Crippen molar-refractivity contribution >= 4 is 11.6 Å². The SMILES string of the molecule is Cc1ccc(N2CCc3ncnc(NCCc4ccc(C(F)(F)F)cc4)c3C2)nc1. The van der Waals surface area contributed by atoms with E-state index in [1.165, 1.54) is 12.1 Å². The van der Waals surface area contributed by atoms with Crippen molar-refractivity contribution in [2.24, 2.45) is 0 Å². The number of alkyl halides is 3. The van der Waals surface area contributed by atoms with E-state index in [4.69, 9.17) is 0 Å². The minimum absolute atomic E-state index is 0.567. The number of hydrogen-bond donors (Lipinski definition) is 1. The molecule has 5 nitrogen and oxygen atoms in total. The van der Waals surface area contributed by atoms with Crippen LogP contribution < -0.4 is 10.2 Å². The molecule has 0 saturated carbocycles. The molecule has 0 aliphatic carbocycles. The van der Waals surface area contributed by atoms with Crippen molar-refractivity contribution < 1.29 is 13.2 Å². The molecule has 2 aromatic heterocycles. The lowest BCUT2D eigenvalue weighted by atomic mass is 10.1. The Kier molecular flexibility index (Phi) is 5.57. The third-order valence-electron chi connectivity index (χ3n) is 5.21. The van der Waals surface area contributed by atoms with Crippen molar-refractivity contribution in [3.63, 3.8) is 0 Å². The molecule has 0 amide bonds. The van der Waals surface area contributed by atoms with Crippen molar-refractivity contribution in [1.29, 1.82) is 0 Å². The number of aryl methyl sites for hydroxylation is 1. The van der Waals surface area contributed by atoms with E-state index in [2.05, 4.69) is 25.2 Å². The van der Waals surface area contributed by atoms with Crippen LogP contribution in [0.2, 0.25) is 0 Å². The van der Waals surface area contributed by atoms with Gasteiger partial charge in [-0.1, -0.05) is 18.2 Å². The lowest BCUT2D eigenvalue weighted by molar-refractivity contribution is -0.137. The molecule has 0 fully saturated rings. The summed E-state index contributed by atoms with van der Waals surface area (Å²) in [5.41, 5.74) is 3.38. The fraction of sp³-hybridized carbons (Fsp3) is 0.318. The second-order valence-corrected chi connectivity index (χ2v) is 7.38. The summed E-state index contributed by atoms with van der Waals surface area (Å²) in [4.78, 5) is 15.5. The number of aromatic nitrogens is 3. The van der Waals surface area contributed by atoms with Gasteiger partial charge in [-0.15, -0.1) is 0 Å². The first kappa shape index (κ1) is 20.1. The van der Waals surface area contributed by atoms with Crippen LogP contribution in [0.3, 0.4) is 0 Å². The highest BCUT2D eigenvalue weighted by Crippen LogP contribution is 2.29. The molecule has 156 valence electrons. The van der Waals surface area contributed by atoms with Gasteiger partial charge in [0.25, 0.3) is 0 Å². The molecule has 0 radical (unpaired) electrons. The third kappa shape index (κ3) is 4.53. The quantitative estimate of drug-likeness (QED) is 0.671. The molecule has 0 spiro atoms. The van der Waals surface area contributed by atoms with Crippen LogP contribution in [0, 0.1) is 6.92 Å². The molecule has 1 aromatic carbocycles. The maximum Gasteiger partial charge on any atom is 0.416 e. The second-order valence-electron chi connectivity index (χ2n) is 7.38. The van der Waals surface area contributed by atoms with Crippen molar-refractivity contribution in [2.45, 2.75) is 32.5 Å². The molecule has 1 aliphatic heterocycles. The van der Waals surface area contributed by atoms with Gasteiger partial charge in [-0.2, -0.15) is 13.2 Å². The zero-order valence-corrected chi connectivity index (χ0v) is 16.6. The Morgan fingerprint density at radius 2 is 1.83 bits per heavy atom. The van der Waals surface area contributed by atoms with Gasteiger partial charge in [-0.05, 0) is 42.7 Å². The lowest BCUT2D eigenvalue weighted by Gasteiger charge is -2.30. The first-order valence-corrected chi connectivity index (χ1v) is 9.80. The normalized spacial score (nSPS) is 13.8. The molecule has 3 heterocycles. The van der Waals surface area contributed by atoms with Gasteiger partial charge in [0, 0.05) is 37.8 Å². The van der Waals surface area contributed by atoms with Crippen molar-refractivity contribution in [3.05, 3.63) is 76.9 Å². The average molecular weight is 413 g/mol. The van der Waals surface area contributed by atoms with Crippen molar-refractivity contribution in [3.8, 4) is 0 Å². The predicted molar refractivity (Wildman–Crippen MR) is 109 cm³/mol. The largest absolute Gasteiger partial charge is 0.416 e. The predicted octanol–water partition coefficient (Wildman–Crippen LogP) is 4.42. The van der Waals surface area contributed by atoms with E-state index >= 15 is 0 Å². The van der Waals surface area contributed by atoms with Gasteiger partial charge in [0.2, 0.25) is 0 Å². The number of rotatable bonds is 5. The first-order chi connectivity index (χ1) is 14.4. The summed E-state index contributed by atoms with van der Waals surface area (Å²) in [6.45, 7) is 4.08. The summed E-state index contributed by atoms with van der Waals surface area (Å²) in [6, 6.07) is 9.34. The highest BCUT2D eigenvalue weighted by atomic mass is 19.4. The molecule has 0 unspecified atom stereocenters. The number of nitrogens with zero attached hydrogens (tertiary/aromatic N) is 4. The van der Waals surface area contributed by atoms with E-state index in [0.29, 0.717) is 19.5 Å². The van der Waals surface area contributed by atoms with E-state index in [1.54, 1.807) is 6.33 Å². The van der Waals surface area contributed by atoms with Crippen molar-refractivity contribution in [1.82, 2.24) is 15.0 Å². The van der Waals surface area contributed by atoms with E-state index in [9.17, 15) is 13.2 Å². The fourth-order valence-electron chi connectivity index (χ4n) is 3.52. The Morgan fingerprint density at radius 3 is 2.53 bits per heavy atom. The first-order valence-electron chi connectivity index (χ1n) is 9.80. The summed E-state index contributed by atoms with van der Waals surface area (Å²) < 4.78 is 38.1. The Labute approximate surface area is 173 Å². The number of fused-ring (bicyclic) bond motifs is 1. The molecule has 3 aromatic rings. The van der Waals surface area contributed by atoms with Crippen LogP contribution in [0.1, 0.15) is 27.9 Å². The molecule has 0 bridgehead atoms. The average Bonchev–Trinajstić information content (AvgIpc) is 2.74. The van der Waals surface area contributed by atoms with Crippen LogP contribution in [0.5, 0.6) is 0 Å². The summed E-state index contributed by atoms with van der Waals surface area (Å²) >= 11 is 0. The maximum absolute atomic E-state index is 12.7. The molecule has 1 N–H and O–H groups in total. The topological polar surface area (TPSA) is 53.9 Å². The highest BCUT2D eigenvalue weighted by molar-refractivity contribution is 5.52. The Morgan fingerprint density at radius 1 is 1.03 bits per heavy atom. The smallest absolute Gasteiger partial charge is 0.369 e. The van der Waals surface area contributed by atoms with E-state index in [0.717, 1.165) is 59.1 Å². The van der Waals surface area contributed by atoms with Gasteiger partial charge < -0.3 is 10.2 Å². The zero-order chi connectivity index (χ0) is 21.1. The van der Waals surface area contributed by atoms with Gasteiger partial charge in [0.1, 0.15) is 18.0 Å². The standard InChI is InChI=1S/C22H22F3N5/c1-15-2-7-20(27-12-15)30-11-9-19-18(13-30)21(29-14-28-19)26-10-8-16-3-5-17(6-4-16)22(23,24)25/h2-7,12,14H,8-11,13H2,1H3,(H,26,28,29). The Balaban J connectivity index is 1.42. The van der Waals surface area contributed by atoms with E-state index in [1.807, 2.05) is 25.3 Å². The minimum Gasteiger partial charge on any atom is -0.369 e. The fourth-order valence-corrected chi connectivity index (χ4v) is 3.52. The molecule has 0 atom stereocenters. The lowest BCUT2D eigenvalue weighted by Crippen LogP contribution is -2.32. The van der Waals surface area contributed by atoms with Crippen LogP contribution in [-0.2, 0) is 25.6 Å². The van der Waals surface area contributed by atoms with Crippen LogP contribution in [0.15, 0.2) is 48.9 Å². The molecular formula is C22H22F3N5.